The van der Waals surface area contributed by atoms with Crippen molar-refractivity contribution in [3.63, 3.8) is 0 Å². The summed E-state index contributed by atoms with van der Waals surface area (Å²) in [5.74, 6) is 0. The van der Waals surface area contributed by atoms with Gasteiger partial charge in [-0.05, 0) is 0 Å². The Morgan fingerprint density at radius 2 is 1.64 bits per heavy atom. The second-order valence-corrected chi connectivity index (χ2v) is 1.98. The Hall–Kier alpha value is -0.350. The fraction of sp³-hybridized carbons (Fsp3) is 1.00. The van der Waals surface area contributed by atoms with Crippen molar-refractivity contribution in [1.82, 2.24) is 0 Å². The number of hydrogen-bond donors (Lipinski definition) is 1. The van der Waals surface area contributed by atoms with Crippen molar-refractivity contribution < 1.29 is 19.3 Å². The SMILES string of the molecule is CC.COCCCB=O.O=BCCO. The summed E-state index contributed by atoms with van der Waals surface area (Å²) in [6.07, 6.45) is 1.73. The molecule has 14 heavy (non-hydrogen) atoms. The van der Waals surface area contributed by atoms with Crippen molar-refractivity contribution in [2.75, 3.05) is 20.3 Å². The molecule has 4 nitrogen and oxygen atoms in total. The van der Waals surface area contributed by atoms with Gasteiger partial charge in [0, 0.05) is 0 Å². The van der Waals surface area contributed by atoms with Gasteiger partial charge in [-0.1, -0.05) is 13.8 Å². The summed E-state index contributed by atoms with van der Waals surface area (Å²) in [6.45, 7) is 4.67. The predicted octanol–water partition coefficient (Wildman–Crippen LogP) is 0.964. The van der Waals surface area contributed by atoms with Crippen LogP contribution in [0, 0.1) is 0 Å². The molecule has 0 spiro atoms. The molecule has 0 radical (unpaired) electrons. The van der Waals surface area contributed by atoms with Crippen LogP contribution in [0.15, 0.2) is 0 Å². The third kappa shape index (κ3) is 41.4. The molecule has 0 aromatic rings. The van der Waals surface area contributed by atoms with E-state index in [1.165, 1.54) is 0 Å². The summed E-state index contributed by atoms with van der Waals surface area (Å²) in [5.41, 5.74) is 0. The number of aliphatic hydroxyl groups is 1. The van der Waals surface area contributed by atoms with Crippen molar-refractivity contribution in [3.8, 4) is 0 Å². The zero-order valence-corrected chi connectivity index (χ0v) is 9.36. The third-order valence-corrected chi connectivity index (χ3v) is 0.917. The van der Waals surface area contributed by atoms with Crippen molar-refractivity contribution >= 4 is 14.3 Å². The first-order chi connectivity index (χ1) is 6.83. The van der Waals surface area contributed by atoms with Gasteiger partial charge in [-0.3, -0.25) is 0 Å². The average Bonchev–Trinajstić information content (AvgIpc) is 2.24. The molecule has 0 rings (SSSR count). The predicted molar refractivity (Wildman–Crippen MR) is 57.4 cm³/mol. The van der Waals surface area contributed by atoms with Gasteiger partial charge >= 0.3 is 72.9 Å². The van der Waals surface area contributed by atoms with E-state index in [1.54, 1.807) is 7.11 Å². The maximum atomic E-state index is 9.62. The normalized spacial score (nSPS) is 6.86. The van der Waals surface area contributed by atoms with Crippen LogP contribution in [0.1, 0.15) is 20.3 Å². The van der Waals surface area contributed by atoms with Gasteiger partial charge in [0.25, 0.3) is 0 Å². The van der Waals surface area contributed by atoms with E-state index in [4.69, 9.17) is 5.11 Å². The first kappa shape index (κ1) is 19.3. The fourth-order valence-electron chi connectivity index (χ4n) is 0.364. The van der Waals surface area contributed by atoms with Crippen LogP contribution in [0.3, 0.4) is 0 Å². The van der Waals surface area contributed by atoms with Gasteiger partial charge in [0.2, 0.25) is 0 Å². The quantitative estimate of drug-likeness (QED) is 0.514. The molecular weight excluding hydrogens is 182 g/mol. The van der Waals surface area contributed by atoms with Crippen LogP contribution in [0.2, 0.25) is 12.6 Å². The van der Waals surface area contributed by atoms with E-state index in [2.05, 4.69) is 4.74 Å². The molecule has 0 amide bonds. The van der Waals surface area contributed by atoms with E-state index in [9.17, 15) is 9.41 Å². The summed E-state index contributed by atoms with van der Waals surface area (Å²) in [6, 6.07) is 0. The number of methoxy groups -OCH3 is 1. The van der Waals surface area contributed by atoms with Gasteiger partial charge in [-0.25, -0.2) is 0 Å². The molecule has 0 fully saturated rings. The Labute approximate surface area is 87.5 Å². The van der Waals surface area contributed by atoms with E-state index >= 15 is 0 Å². The maximum absolute atomic E-state index is 9.62. The molecule has 0 heterocycles. The number of ether oxygens (including phenoxy) is 1. The van der Waals surface area contributed by atoms with E-state index < -0.39 is 0 Å². The summed E-state index contributed by atoms with van der Waals surface area (Å²) in [5, 5.41) is 7.84. The topological polar surface area (TPSA) is 63.6 Å². The molecule has 0 saturated carbocycles. The van der Waals surface area contributed by atoms with E-state index in [0.717, 1.165) is 13.6 Å². The van der Waals surface area contributed by atoms with Crippen molar-refractivity contribution in [3.05, 3.63) is 0 Å². The van der Waals surface area contributed by atoms with Crippen molar-refractivity contribution in [2.45, 2.75) is 32.9 Å². The zero-order chi connectivity index (χ0) is 11.7. The number of hydrogen-bond acceptors (Lipinski definition) is 4. The monoisotopic (exact) mass is 202 g/mol. The minimum atomic E-state index is -0.0243. The van der Waals surface area contributed by atoms with Crippen LogP contribution in [0.5, 0.6) is 0 Å². The molecule has 82 valence electrons. The van der Waals surface area contributed by atoms with Gasteiger partial charge < -0.3 is 0 Å². The summed E-state index contributed by atoms with van der Waals surface area (Å²) in [7, 11) is 3.21. The molecule has 0 aliphatic heterocycles. The average molecular weight is 202 g/mol. The van der Waals surface area contributed by atoms with Gasteiger partial charge in [0.15, 0.2) is 0 Å². The molecule has 0 atom stereocenters. The molecule has 0 saturated heterocycles. The standard InChI is InChI=1S/C4H9BO2.C2H5BO2.C2H6/c1-7-4-2-3-5-6;4-2-1-3-5;1-2/h2-4H2,1H3;4H,1-2H2;1-2H3. The van der Waals surface area contributed by atoms with E-state index in [0.29, 0.717) is 20.1 Å². The molecule has 6 heteroatoms. The van der Waals surface area contributed by atoms with Gasteiger partial charge in [-0.15, -0.1) is 0 Å². The Balaban J connectivity index is -0.000000152. The van der Waals surface area contributed by atoms with E-state index in [-0.39, 0.29) is 12.9 Å². The summed E-state index contributed by atoms with van der Waals surface area (Å²) < 4.78 is 23.6. The second kappa shape index (κ2) is 29.3. The van der Waals surface area contributed by atoms with Crippen LogP contribution in [-0.4, -0.2) is 39.7 Å². The van der Waals surface area contributed by atoms with Crippen LogP contribution in [-0.2, 0) is 14.1 Å². The van der Waals surface area contributed by atoms with Crippen LogP contribution in [0.25, 0.3) is 0 Å². The van der Waals surface area contributed by atoms with Gasteiger partial charge in [-0.2, -0.15) is 0 Å². The summed E-state index contributed by atoms with van der Waals surface area (Å²) in [4.78, 5) is 0. The minimum absolute atomic E-state index is 0.0243. The Kier molecular flexibility index (Phi) is 40.4. The van der Waals surface area contributed by atoms with Gasteiger partial charge in [0.05, 0.1) is 0 Å². The molecular formula is C8H20B2O4. The van der Waals surface area contributed by atoms with Crippen molar-refractivity contribution in [2.24, 2.45) is 0 Å². The van der Waals surface area contributed by atoms with Gasteiger partial charge in [0.1, 0.15) is 0 Å². The first-order valence-electron chi connectivity index (χ1n) is 4.80. The molecule has 0 aromatic carbocycles. The van der Waals surface area contributed by atoms with Crippen LogP contribution < -0.4 is 0 Å². The Bertz CT molecular complexity index is 101. The molecule has 0 bridgehead atoms. The Morgan fingerprint density at radius 1 is 1.14 bits per heavy atom. The van der Waals surface area contributed by atoms with E-state index in [1.807, 2.05) is 13.8 Å². The fourth-order valence-corrected chi connectivity index (χ4v) is 0.364. The molecule has 0 unspecified atom stereocenters. The molecule has 0 aromatic heterocycles. The molecule has 1 N–H and O–H groups in total. The Morgan fingerprint density at radius 3 is 1.86 bits per heavy atom. The van der Waals surface area contributed by atoms with Crippen LogP contribution >= 0.6 is 0 Å². The summed E-state index contributed by atoms with van der Waals surface area (Å²) >= 11 is 0. The van der Waals surface area contributed by atoms with Crippen LogP contribution in [0.4, 0.5) is 0 Å². The zero-order valence-electron chi connectivity index (χ0n) is 9.36. The second-order valence-electron chi connectivity index (χ2n) is 1.98. The third-order valence-electron chi connectivity index (χ3n) is 0.917. The molecule has 0 aliphatic rings. The van der Waals surface area contributed by atoms with Crippen molar-refractivity contribution in [1.29, 1.82) is 0 Å². The number of rotatable bonds is 6. The number of aliphatic hydroxyl groups excluding tert-OH is 1. The first-order valence-corrected chi connectivity index (χ1v) is 4.80. The molecule has 0 aliphatic carbocycles.